The van der Waals surface area contributed by atoms with Gasteiger partial charge in [-0.05, 0) is 31.9 Å². The Bertz CT molecular complexity index is 267. The molecule has 0 spiro atoms. The lowest BCUT2D eigenvalue weighted by molar-refractivity contribution is 0.0896. The monoisotopic (exact) mass is 209 g/mol. The average molecular weight is 209 g/mol. The highest BCUT2D eigenvalue weighted by Crippen LogP contribution is 2.03. The lowest BCUT2D eigenvalue weighted by Gasteiger charge is -2.02. The maximum atomic E-state index is 11.5. The molecule has 1 aromatic rings. The first-order valence-electron chi connectivity index (χ1n) is 5.58. The molecule has 0 saturated heterocycles. The van der Waals surface area contributed by atoms with Crippen LogP contribution in [0.5, 0.6) is 0 Å². The van der Waals surface area contributed by atoms with Crippen molar-refractivity contribution in [2.75, 3.05) is 13.2 Å². The molecule has 0 aromatic carbocycles. The fraction of sp³-hybridized carbons (Fsp3) is 0.583. The highest BCUT2D eigenvalue weighted by molar-refractivity contribution is 5.78. The van der Waals surface area contributed by atoms with E-state index in [0.717, 1.165) is 32.5 Å². The molecule has 1 rings (SSSR count). The van der Waals surface area contributed by atoms with E-state index in [0.29, 0.717) is 6.42 Å². The maximum Gasteiger partial charge on any atom is 0.230 e. The second-order valence-corrected chi connectivity index (χ2v) is 3.49. The van der Waals surface area contributed by atoms with E-state index in [1.54, 1.807) is 17.0 Å². The number of rotatable bonds is 7. The van der Waals surface area contributed by atoms with Gasteiger partial charge in [0.1, 0.15) is 0 Å². The van der Waals surface area contributed by atoms with Crippen LogP contribution in [0.2, 0.25) is 0 Å². The second kappa shape index (κ2) is 7.23. The first kappa shape index (κ1) is 12.0. The summed E-state index contributed by atoms with van der Waals surface area (Å²) in [5.74, 6) is 0.177. The lowest BCUT2D eigenvalue weighted by Crippen LogP contribution is -2.07. The molecule has 3 nitrogen and oxygen atoms in total. The van der Waals surface area contributed by atoms with E-state index in [4.69, 9.17) is 4.74 Å². The van der Waals surface area contributed by atoms with E-state index < -0.39 is 0 Å². The van der Waals surface area contributed by atoms with Crippen molar-refractivity contribution in [3.63, 3.8) is 0 Å². The first-order chi connectivity index (χ1) is 7.34. The summed E-state index contributed by atoms with van der Waals surface area (Å²) in [4.78, 5) is 11.5. The minimum absolute atomic E-state index is 0.177. The van der Waals surface area contributed by atoms with Gasteiger partial charge in [0.15, 0.2) is 0 Å². The summed E-state index contributed by atoms with van der Waals surface area (Å²) in [6.45, 7) is 3.59. The molecule has 84 valence electrons. The largest absolute Gasteiger partial charge is 0.382 e. The Morgan fingerprint density at radius 1 is 1.20 bits per heavy atom. The van der Waals surface area contributed by atoms with E-state index in [1.807, 2.05) is 19.1 Å². The Labute approximate surface area is 91.0 Å². The van der Waals surface area contributed by atoms with Crippen LogP contribution < -0.4 is 0 Å². The molecule has 0 saturated carbocycles. The number of aromatic nitrogens is 1. The van der Waals surface area contributed by atoms with E-state index in [9.17, 15) is 4.79 Å². The minimum Gasteiger partial charge on any atom is -0.382 e. The second-order valence-electron chi connectivity index (χ2n) is 3.49. The summed E-state index contributed by atoms with van der Waals surface area (Å²) in [7, 11) is 0. The van der Waals surface area contributed by atoms with Crippen molar-refractivity contribution in [2.24, 2.45) is 0 Å². The van der Waals surface area contributed by atoms with Crippen molar-refractivity contribution in [2.45, 2.75) is 32.6 Å². The third-order valence-corrected chi connectivity index (χ3v) is 2.28. The molecule has 0 aliphatic heterocycles. The zero-order chi connectivity index (χ0) is 10.9. The van der Waals surface area contributed by atoms with Crippen molar-refractivity contribution < 1.29 is 9.53 Å². The Morgan fingerprint density at radius 3 is 2.60 bits per heavy atom. The standard InChI is InChI=1S/C12H19NO2/c1-2-15-11-7-3-4-8-12(14)13-9-5-6-10-13/h5-6,9-10H,2-4,7-8,11H2,1H3. The van der Waals surface area contributed by atoms with E-state index >= 15 is 0 Å². The van der Waals surface area contributed by atoms with Gasteiger partial charge in [-0.2, -0.15) is 0 Å². The van der Waals surface area contributed by atoms with Crippen LogP contribution in [0.1, 0.15) is 37.4 Å². The van der Waals surface area contributed by atoms with Gasteiger partial charge >= 0.3 is 0 Å². The number of carbonyl (C=O) groups excluding carboxylic acids is 1. The quantitative estimate of drug-likeness (QED) is 0.646. The Kier molecular flexibility index (Phi) is 5.78. The topological polar surface area (TPSA) is 31.2 Å². The minimum atomic E-state index is 0.177. The van der Waals surface area contributed by atoms with E-state index in [2.05, 4.69) is 0 Å². The van der Waals surface area contributed by atoms with Crippen LogP contribution in [-0.2, 0) is 4.74 Å². The van der Waals surface area contributed by atoms with Crippen LogP contribution in [0, 0.1) is 0 Å². The predicted molar refractivity (Wildman–Crippen MR) is 60.0 cm³/mol. The van der Waals surface area contributed by atoms with E-state index in [1.165, 1.54) is 0 Å². The van der Waals surface area contributed by atoms with Gasteiger partial charge in [-0.25, -0.2) is 0 Å². The molecule has 0 N–H and O–H groups in total. The summed E-state index contributed by atoms with van der Waals surface area (Å²) in [5, 5.41) is 0. The molecular formula is C12H19NO2. The van der Waals surface area contributed by atoms with Gasteiger partial charge in [-0.15, -0.1) is 0 Å². The van der Waals surface area contributed by atoms with Crippen molar-refractivity contribution >= 4 is 5.91 Å². The third kappa shape index (κ3) is 4.79. The predicted octanol–water partition coefficient (Wildman–Crippen LogP) is 2.73. The number of unbranched alkanes of at least 4 members (excludes halogenated alkanes) is 2. The van der Waals surface area contributed by atoms with Gasteiger partial charge in [0.25, 0.3) is 0 Å². The van der Waals surface area contributed by atoms with Crippen LogP contribution in [0.3, 0.4) is 0 Å². The van der Waals surface area contributed by atoms with Crippen molar-refractivity contribution in [3.05, 3.63) is 24.5 Å². The summed E-state index contributed by atoms with van der Waals surface area (Å²) >= 11 is 0. The van der Waals surface area contributed by atoms with Gasteiger partial charge in [0.2, 0.25) is 5.91 Å². The van der Waals surface area contributed by atoms with Crippen LogP contribution in [0.4, 0.5) is 0 Å². The zero-order valence-electron chi connectivity index (χ0n) is 9.32. The molecule has 0 radical (unpaired) electrons. The number of carbonyl (C=O) groups is 1. The summed E-state index contributed by atoms with van der Waals surface area (Å²) in [6, 6.07) is 3.74. The van der Waals surface area contributed by atoms with Crippen LogP contribution in [0.25, 0.3) is 0 Å². The molecular weight excluding hydrogens is 190 g/mol. The lowest BCUT2D eigenvalue weighted by atomic mass is 10.2. The third-order valence-electron chi connectivity index (χ3n) is 2.28. The summed E-state index contributed by atoms with van der Waals surface area (Å²) < 4.78 is 6.86. The summed E-state index contributed by atoms with van der Waals surface area (Å²) in [5.41, 5.74) is 0. The molecule has 3 heteroatoms. The molecule has 15 heavy (non-hydrogen) atoms. The number of nitrogens with zero attached hydrogens (tertiary/aromatic N) is 1. The number of hydrogen-bond acceptors (Lipinski definition) is 2. The molecule has 0 amide bonds. The Morgan fingerprint density at radius 2 is 1.93 bits per heavy atom. The zero-order valence-corrected chi connectivity index (χ0v) is 9.32. The van der Waals surface area contributed by atoms with Crippen LogP contribution in [-0.4, -0.2) is 23.7 Å². The highest BCUT2D eigenvalue weighted by atomic mass is 16.5. The number of ether oxygens (including phenoxy) is 1. The Hall–Kier alpha value is -1.09. The Balaban J connectivity index is 2.03. The normalized spacial score (nSPS) is 10.5. The van der Waals surface area contributed by atoms with E-state index in [-0.39, 0.29) is 5.91 Å². The first-order valence-corrected chi connectivity index (χ1v) is 5.58. The summed E-state index contributed by atoms with van der Waals surface area (Å²) in [6.07, 6.45) is 7.27. The van der Waals surface area contributed by atoms with Gasteiger partial charge in [-0.3, -0.25) is 9.36 Å². The fourth-order valence-electron chi connectivity index (χ4n) is 1.43. The fourth-order valence-corrected chi connectivity index (χ4v) is 1.43. The van der Waals surface area contributed by atoms with Crippen LogP contribution in [0.15, 0.2) is 24.5 Å². The molecule has 0 aliphatic carbocycles. The molecule has 1 aromatic heterocycles. The highest BCUT2D eigenvalue weighted by Gasteiger charge is 2.01. The smallest absolute Gasteiger partial charge is 0.230 e. The van der Waals surface area contributed by atoms with Crippen LogP contribution >= 0.6 is 0 Å². The molecule has 0 aliphatic rings. The molecule has 0 atom stereocenters. The maximum absolute atomic E-state index is 11.5. The van der Waals surface area contributed by atoms with Crippen molar-refractivity contribution in [1.29, 1.82) is 0 Å². The van der Waals surface area contributed by atoms with Crippen molar-refractivity contribution in [1.82, 2.24) is 4.57 Å². The molecule has 1 heterocycles. The van der Waals surface area contributed by atoms with Gasteiger partial charge in [0.05, 0.1) is 0 Å². The SMILES string of the molecule is CCOCCCCCC(=O)n1cccc1. The average Bonchev–Trinajstić information content (AvgIpc) is 2.76. The van der Waals surface area contributed by atoms with Gasteiger partial charge in [0, 0.05) is 32.0 Å². The molecule has 0 unspecified atom stereocenters. The van der Waals surface area contributed by atoms with Gasteiger partial charge in [-0.1, -0.05) is 6.42 Å². The van der Waals surface area contributed by atoms with Gasteiger partial charge < -0.3 is 4.74 Å². The number of hydrogen-bond donors (Lipinski definition) is 0. The molecule has 0 bridgehead atoms. The van der Waals surface area contributed by atoms with Crippen molar-refractivity contribution in [3.8, 4) is 0 Å². The molecule has 0 fully saturated rings.